The molecule has 1 saturated heterocycles. The number of pyridine rings is 1. The number of nitrogens with zero attached hydrogens (tertiary/aromatic N) is 5. The Hall–Kier alpha value is -3.40. The lowest BCUT2D eigenvalue weighted by atomic mass is 9.97. The van der Waals surface area contributed by atoms with Crippen molar-refractivity contribution in [1.82, 2.24) is 14.3 Å². The van der Waals surface area contributed by atoms with Gasteiger partial charge in [-0.3, -0.25) is 9.30 Å². The molecule has 4 aromatic rings. The third kappa shape index (κ3) is 2.97. The average molecular weight is 426 g/mol. The number of benzene rings is 2. The van der Waals surface area contributed by atoms with Gasteiger partial charge in [0.1, 0.15) is 11.9 Å². The van der Waals surface area contributed by atoms with Crippen LogP contribution in [0.5, 0.6) is 0 Å². The molecule has 0 bridgehead atoms. The van der Waals surface area contributed by atoms with Crippen molar-refractivity contribution in [2.45, 2.75) is 32.5 Å². The zero-order chi connectivity index (χ0) is 22.4. The molecule has 0 spiro atoms. The monoisotopic (exact) mass is 425 g/mol. The summed E-state index contributed by atoms with van der Waals surface area (Å²) in [6.07, 6.45) is 2.44. The number of imidazole rings is 1. The second-order valence-corrected chi connectivity index (χ2v) is 8.67. The van der Waals surface area contributed by atoms with E-state index < -0.39 is 0 Å². The van der Waals surface area contributed by atoms with Crippen molar-refractivity contribution in [3.63, 3.8) is 0 Å². The number of aromatic nitrogens is 2. The molecule has 1 unspecified atom stereocenters. The molecular weight excluding hydrogens is 398 g/mol. The van der Waals surface area contributed by atoms with Crippen molar-refractivity contribution in [3.05, 3.63) is 65.2 Å². The van der Waals surface area contributed by atoms with Gasteiger partial charge >= 0.3 is 0 Å². The molecule has 5 rings (SSSR count). The third-order valence-electron chi connectivity index (χ3n) is 6.61. The molecule has 3 heterocycles. The summed E-state index contributed by atoms with van der Waals surface area (Å²) < 4.78 is 2.14. The van der Waals surface area contributed by atoms with Gasteiger partial charge in [0.25, 0.3) is 0 Å². The first-order valence-electron chi connectivity index (χ1n) is 11.0. The van der Waals surface area contributed by atoms with Gasteiger partial charge in [0.05, 0.1) is 29.4 Å². The van der Waals surface area contributed by atoms with Crippen LogP contribution >= 0.6 is 0 Å². The summed E-state index contributed by atoms with van der Waals surface area (Å²) in [6.45, 7) is 2.87. The predicted molar refractivity (Wildman–Crippen MR) is 128 cm³/mol. The van der Waals surface area contributed by atoms with E-state index in [1.165, 1.54) is 0 Å². The zero-order valence-corrected chi connectivity index (χ0v) is 18.7. The highest BCUT2D eigenvalue weighted by molar-refractivity contribution is 5.93. The summed E-state index contributed by atoms with van der Waals surface area (Å²) in [5.74, 6) is 1.07. The van der Waals surface area contributed by atoms with E-state index >= 15 is 0 Å². The molecule has 1 atom stereocenters. The van der Waals surface area contributed by atoms with Gasteiger partial charge in [-0.1, -0.05) is 42.5 Å². The van der Waals surface area contributed by atoms with Crippen molar-refractivity contribution in [2.24, 2.45) is 0 Å². The van der Waals surface area contributed by atoms with Gasteiger partial charge in [-0.05, 0) is 51.1 Å². The van der Waals surface area contributed by atoms with Gasteiger partial charge in [0.2, 0.25) is 0 Å². The van der Waals surface area contributed by atoms with Crippen molar-refractivity contribution in [2.75, 3.05) is 25.5 Å². The molecule has 1 aliphatic rings. The number of aliphatic hydroxyl groups excluding tert-OH is 1. The van der Waals surface area contributed by atoms with Gasteiger partial charge in [-0.2, -0.15) is 5.26 Å². The summed E-state index contributed by atoms with van der Waals surface area (Å²) in [5, 5.41) is 20.1. The van der Waals surface area contributed by atoms with Crippen LogP contribution in [-0.4, -0.2) is 46.2 Å². The standard InChI is InChI=1S/C26H27N5O/c1-17-20(15-27)25-28-24-19(16-32)11-7-12-21(24)31(25)26(23(17)18-9-5-4-6-10-18)30-14-8-13-22(30)29(2)3/h4-7,9-12,22,32H,8,13-14,16H2,1-3H3. The largest absolute Gasteiger partial charge is 0.392 e. The molecule has 1 fully saturated rings. The number of hydrogen-bond acceptors (Lipinski definition) is 5. The number of anilines is 1. The SMILES string of the molecule is Cc1c(-c2ccccc2)c(N2CCCC2N(C)C)n2c(nc3c(CO)cccc32)c1C#N. The number of fused-ring (bicyclic) bond motifs is 3. The fourth-order valence-electron chi connectivity index (χ4n) is 5.13. The number of hydrogen-bond donors (Lipinski definition) is 1. The van der Waals surface area contributed by atoms with Crippen molar-refractivity contribution < 1.29 is 5.11 Å². The summed E-state index contributed by atoms with van der Waals surface area (Å²) in [6, 6.07) is 18.6. The minimum Gasteiger partial charge on any atom is -0.392 e. The number of para-hydroxylation sites is 1. The van der Waals surface area contributed by atoms with Crippen LogP contribution in [0.4, 0.5) is 5.82 Å². The first-order valence-corrected chi connectivity index (χ1v) is 11.0. The molecule has 0 amide bonds. The highest BCUT2D eigenvalue weighted by atomic mass is 16.3. The molecule has 32 heavy (non-hydrogen) atoms. The van der Waals surface area contributed by atoms with Gasteiger partial charge < -0.3 is 10.0 Å². The first kappa shape index (κ1) is 20.5. The zero-order valence-electron chi connectivity index (χ0n) is 18.7. The Balaban J connectivity index is 1.99. The summed E-state index contributed by atoms with van der Waals surface area (Å²) in [4.78, 5) is 9.61. The van der Waals surface area contributed by atoms with Gasteiger partial charge in [0.15, 0.2) is 5.65 Å². The molecule has 0 radical (unpaired) electrons. The van der Waals surface area contributed by atoms with Crippen LogP contribution in [0.15, 0.2) is 48.5 Å². The maximum atomic E-state index is 10.2. The Labute approximate surface area is 187 Å². The minimum atomic E-state index is -0.0903. The molecule has 6 heteroatoms. The lowest BCUT2D eigenvalue weighted by Gasteiger charge is -2.34. The number of rotatable bonds is 4. The van der Waals surface area contributed by atoms with E-state index in [9.17, 15) is 10.4 Å². The Kier molecular flexibility index (Phi) is 5.09. The first-order chi connectivity index (χ1) is 15.6. The summed E-state index contributed by atoms with van der Waals surface area (Å²) >= 11 is 0. The number of aliphatic hydroxyl groups is 1. The molecule has 6 nitrogen and oxygen atoms in total. The summed E-state index contributed by atoms with van der Waals surface area (Å²) in [7, 11) is 4.24. The fourth-order valence-corrected chi connectivity index (χ4v) is 5.13. The summed E-state index contributed by atoms with van der Waals surface area (Å²) in [5.41, 5.74) is 6.75. The van der Waals surface area contributed by atoms with E-state index in [1.807, 2.05) is 43.3 Å². The van der Waals surface area contributed by atoms with Crippen LogP contribution in [-0.2, 0) is 6.61 Å². The van der Waals surface area contributed by atoms with Crippen molar-refractivity contribution >= 4 is 22.5 Å². The van der Waals surface area contributed by atoms with Crippen LogP contribution in [0.1, 0.15) is 29.5 Å². The van der Waals surface area contributed by atoms with Crippen LogP contribution in [0, 0.1) is 18.3 Å². The maximum Gasteiger partial charge on any atom is 0.157 e. The lowest BCUT2D eigenvalue weighted by molar-refractivity contribution is 0.283. The van der Waals surface area contributed by atoms with E-state index in [1.54, 1.807) is 0 Å². The van der Waals surface area contributed by atoms with E-state index in [-0.39, 0.29) is 12.8 Å². The lowest BCUT2D eigenvalue weighted by Crippen LogP contribution is -2.41. The Morgan fingerprint density at radius 1 is 1.16 bits per heavy atom. The third-order valence-corrected chi connectivity index (χ3v) is 6.61. The van der Waals surface area contributed by atoms with Gasteiger partial charge in [0, 0.05) is 17.7 Å². The molecule has 2 aromatic carbocycles. The quantitative estimate of drug-likeness (QED) is 0.528. The smallest absolute Gasteiger partial charge is 0.157 e. The van der Waals surface area contributed by atoms with Crippen LogP contribution < -0.4 is 4.90 Å². The second kappa shape index (κ2) is 7.94. The molecular formula is C26H27N5O. The number of nitriles is 1. The van der Waals surface area contributed by atoms with Gasteiger partial charge in [-0.15, -0.1) is 0 Å². The Morgan fingerprint density at radius 3 is 2.62 bits per heavy atom. The highest BCUT2D eigenvalue weighted by Crippen LogP contribution is 2.42. The highest BCUT2D eigenvalue weighted by Gasteiger charge is 2.33. The fraction of sp³-hybridized carbons (Fsp3) is 0.308. The maximum absolute atomic E-state index is 10.2. The van der Waals surface area contributed by atoms with Crippen molar-refractivity contribution in [1.29, 1.82) is 5.26 Å². The van der Waals surface area contributed by atoms with Crippen molar-refractivity contribution in [3.8, 4) is 17.2 Å². The van der Waals surface area contributed by atoms with Gasteiger partial charge in [-0.25, -0.2) is 4.98 Å². The molecule has 1 N–H and O–H groups in total. The van der Waals surface area contributed by atoms with E-state index in [0.717, 1.165) is 58.5 Å². The van der Waals surface area contributed by atoms with Crippen LogP contribution in [0.3, 0.4) is 0 Å². The second-order valence-electron chi connectivity index (χ2n) is 8.67. The predicted octanol–water partition coefficient (Wildman–Crippen LogP) is 4.31. The Bertz CT molecular complexity index is 1350. The van der Waals surface area contributed by atoms with E-state index in [0.29, 0.717) is 11.2 Å². The van der Waals surface area contributed by atoms with E-state index in [4.69, 9.17) is 4.98 Å². The average Bonchev–Trinajstić information content (AvgIpc) is 3.44. The van der Waals surface area contributed by atoms with E-state index in [2.05, 4.69) is 46.5 Å². The molecule has 1 aliphatic heterocycles. The molecule has 2 aromatic heterocycles. The van der Waals surface area contributed by atoms with Crippen LogP contribution in [0.2, 0.25) is 0 Å². The topological polar surface area (TPSA) is 67.8 Å². The molecule has 0 aliphatic carbocycles. The molecule has 0 saturated carbocycles. The minimum absolute atomic E-state index is 0.0903. The van der Waals surface area contributed by atoms with Crippen LogP contribution in [0.25, 0.3) is 27.8 Å². The Morgan fingerprint density at radius 2 is 1.94 bits per heavy atom. The normalized spacial score (nSPS) is 16.4. The molecule has 162 valence electrons.